The molecule has 0 aliphatic rings. The highest BCUT2D eigenvalue weighted by molar-refractivity contribution is 5.71. The van der Waals surface area contributed by atoms with Gasteiger partial charge in [-0.2, -0.15) is 13.2 Å². The van der Waals surface area contributed by atoms with Gasteiger partial charge < -0.3 is 14.2 Å². The summed E-state index contributed by atoms with van der Waals surface area (Å²) in [5.74, 6) is 0.760. The van der Waals surface area contributed by atoms with Crippen molar-refractivity contribution in [2.24, 2.45) is 0 Å². The highest BCUT2D eigenvalue weighted by atomic mass is 19.4. The summed E-state index contributed by atoms with van der Waals surface area (Å²) < 4.78 is 53.5. The maximum atomic E-state index is 12.6. The maximum absolute atomic E-state index is 12.6. The molecular formula is C20H19F3O4. The van der Waals surface area contributed by atoms with Crippen molar-refractivity contribution in [1.82, 2.24) is 0 Å². The Hall–Kier alpha value is -2.96. The second-order valence-electron chi connectivity index (χ2n) is 5.63. The molecule has 0 atom stereocenters. The Bertz CT molecular complexity index is 824. The standard InChI is InChI=1S/C20H19F3O4/c1-13(24)27-19-12-16(25-2)11-18(26-3)17(19)6-4-5-14-7-9-15(10-8-14)20(21,22)23/h4-5,7-12H,6H2,1-3H3/b5-4+. The molecule has 0 N–H and O–H groups in total. The molecule has 144 valence electrons. The van der Waals surface area contributed by atoms with E-state index in [1.54, 1.807) is 24.3 Å². The average molecular weight is 380 g/mol. The molecule has 0 aliphatic carbocycles. The van der Waals surface area contributed by atoms with Crippen LogP contribution in [0.4, 0.5) is 13.2 Å². The highest BCUT2D eigenvalue weighted by Gasteiger charge is 2.29. The lowest BCUT2D eigenvalue weighted by molar-refractivity contribution is -0.137. The van der Waals surface area contributed by atoms with Gasteiger partial charge in [0.15, 0.2) is 0 Å². The second-order valence-corrected chi connectivity index (χ2v) is 5.63. The van der Waals surface area contributed by atoms with Crippen molar-refractivity contribution in [3.05, 3.63) is 59.2 Å². The Balaban J connectivity index is 2.25. The molecular weight excluding hydrogens is 361 g/mol. The fourth-order valence-corrected chi connectivity index (χ4v) is 2.44. The Morgan fingerprint density at radius 2 is 1.67 bits per heavy atom. The van der Waals surface area contributed by atoms with Crippen LogP contribution in [-0.2, 0) is 17.4 Å². The Kier molecular flexibility index (Phi) is 6.50. The van der Waals surface area contributed by atoms with Crippen LogP contribution in [0.2, 0.25) is 0 Å². The van der Waals surface area contributed by atoms with E-state index in [9.17, 15) is 18.0 Å². The molecule has 0 bridgehead atoms. The van der Waals surface area contributed by atoms with Crippen LogP contribution in [0, 0.1) is 0 Å². The molecule has 0 radical (unpaired) electrons. The number of rotatable bonds is 6. The summed E-state index contributed by atoms with van der Waals surface area (Å²) in [5.41, 5.74) is 0.537. The van der Waals surface area contributed by atoms with Gasteiger partial charge in [-0.15, -0.1) is 0 Å². The summed E-state index contributed by atoms with van der Waals surface area (Å²) in [5, 5.41) is 0. The molecule has 27 heavy (non-hydrogen) atoms. The SMILES string of the molecule is COc1cc(OC)c(C/C=C/c2ccc(C(F)(F)F)cc2)c(OC(C)=O)c1. The van der Waals surface area contributed by atoms with Gasteiger partial charge >= 0.3 is 12.1 Å². The predicted molar refractivity (Wildman–Crippen MR) is 95.0 cm³/mol. The number of allylic oxidation sites excluding steroid dienone is 1. The van der Waals surface area contributed by atoms with Crippen LogP contribution in [0.5, 0.6) is 17.2 Å². The summed E-state index contributed by atoms with van der Waals surface area (Å²) in [6.45, 7) is 1.29. The van der Waals surface area contributed by atoms with Crippen LogP contribution in [-0.4, -0.2) is 20.2 Å². The zero-order valence-corrected chi connectivity index (χ0v) is 15.1. The van der Waals surface area contributed by atoms with E-state index < -0.39 is 17.7 Å². The summed E-state index contributed by atoms with van der Waals surface area (Å²) in [4.78, 5) is 11.4. The van der Waals surface area contributed by atoms with Gasteiger partial charge in [-0.05, 0) is 24.1 Å². The summed E-state index contributed by atoms with van der Waals surface area (Å²) in [7, 11) is 2.96. The number of hydrogen-bond donors (Lipinski definition) is 0. The van der Waals surface area contributed by atoms with E-state index in [1.165, 1.54) is 33.3 Å². The van der Waals surface area contributed by atoms with Crippen molar-refractivity contribution in [3.8, 4) is 17.2 Å². The second kappa shape index (κ2) is 8.62. The lowest BCUT2D eigenvalue weighted by atomic mass is 10.1. The molecule has 0 aliphatic heterocycles. The first-order chi connectivity index (χ1) is 12.7. The fraction of sp³-hybridized carbons (Fsp3) is 0.250. The first-order valence-corrected chi connectivity index (χ1v) is 8.01. The molecule has 0 unspecified atom stereocenters. The van der Waals surface area contributed by atoms with Crippen LogP contribution in [0.25, 0.3) is 6.08 Å². The Labute approximate surface area is 155 Å². The van der Waals surface area contributed by atoms with Crippen LogP contribution in [0.3, 0.4) is 0 Å². The van der Waals surface area contributed by atoms with Crippen molar-refractivity contribution in [2.75, 3.05) is 14.2 Å². The third kappa shape index (κ3) is 5.51. The van der Waals surface area contributed by atoms with Crippen LogP contribution < -0.4 is 14.2 Å². The number of alkyl halides is 3. The summed E-state index contributed by atoms with van der Waals surface area (Å²) >= 11 is 0. The van der Waals surface area contributed by atoms with Gasteiger partial charge in [0.05, 0.1) is 19.8 Å². The first kappa shape index (κ1) is 20.4. The normalized spacial score (nSPS) is 11.5. The topological polar surface area (TPSA) is 44.8 Å². The number of esters is 1. The first-order valence-electron chi connectivity index (χ1n) is 8.01. The number of carbonyl (C=O) groups excluding carboxylic acids is 1. The van der Waals surface area contributed by atoms with Gasteiger partial charge in [-0.1, -0.05) is 24.3 Å². The van der Waals surface area contributed by atoms with Gasteiger partial charge in [0, 0.05) is 24.6 Å². The molecule has 2 rings (SSSR count). The van der Waals surface area contributed by atoms with Crippen molar-refractivity contribution in [1.29, 1.82) is 0 Å². The fourth-order valence-electron chi connectivity index (χ4n) is 2.44. The molecule has 4 nitrogen and oxygen atoms in total. The third-order valence-corrected chi connectivity index (χ3v) is 3.72. The molecule has 0 amide bonds. The minimum absolute atomic E-state index is 0.302. The van der Waals surface area contributed by atoms with Crippen molar-refractivity contribution < 1.29 is 32.2 Å². The molecule has 0 aromatic heterocycles. The van der Waals surface area contributed by atoms with Crippen molar-refractivity contribution >= 4 is 12.0 Å². The van der Waals surface area contributed by atoms with E-state index in [2.05, 4.69) is 0 Å². The van der Waals surface area contributed by atoms with E-state index in [0.29, 0.717) is 34.8 Å². The van der Waals surface area contributed by atoms with Crippen molar-refractivity contribution in [2.45, 2.75) is 19.5 Å². The average Bonchev–Trinajstić information content (AvgIpc) is 2.61. The predicted octanol–water partition coefficient (Wildman–Crippen LogP) is 4.90. The molecule has 7 heteroatoms. The zero-order valence-electron chi connectivity index (χ0n) is 15.1. The van der Waals surface area contributed by atoms with E-state index >= 15 is 0 Å². The zero-order chi connectivity index (χ0) is 20.0. The van der Waals surface area contributed by atoms with Gasteiger partial charge in [-0.25, -0.2) is 0 Å². The monoisotopic (exact) mass is 380 g/mol. The van der Waals surface area contributed by atoms with Gasteiger partial charge in [0.25, 0.3) is 0 Å². The number of ether oxygens (including phenoxy) is 3. The lowest BCUT2D eigenvalue weighted by Crippen LogP contribution is -2.05. The Morgan fingerprint density at radius 1 is 1.04 bits per heavy atom. The van der Waals surface area contributed by atoms with Gasteiger partial charge in [-0.3, -0.25) is 4.79 Å². The maximum Gasteiger partial charge on any atom is 0.416 e. The van der Waals surface area contributed by atoms with E-state index in [1.807, 2.05) is 0 Å². The molecule has 0 saturated carbocycles. The van der Waals surface area contributed by atoms with Gasteiger partial charge in [0.1, 0.15) is 17.2 Å². The molecule has 0 fully saturated rings. The quantitative estimate of drug-likeness (QED) is 0.528. The van der Waals surface area contributed by atoms with E-state index in [-0.39, 0.29) is 0 Å². The smallest absolute Gasteiger partial charge is 0.416 e. The van der Waals surface area contributed by atoms with E-state index in [0.717, 1.165) is 12.1 Å². The van der Waals surface area contributed by atoms with Crippen LogP contribution in [0.15, 0.2) is 42.5 Å². The molecule has 0 saturated heterocycles. The van der Waals surface area contributed by atoms with Crippen LogP contribution in [0.1, 0.15) is 23.6 Å². The molecule has 0 heterocycles. The molecule has 2 aromatic carbocycles. The third-order valence-electron chi connectivity index (χ3n) is 3.72. The van der Waals surface area contributed by atoms with Gasteiger partial charge in [0.2, 0.25) is 0 Å². The summed E-state index contributed by atoms with van der Waals surface area (Å²) in [6, 6.07) is 8.06. The minimum atomic E-state index is -4.36. The highest BCUT2D eigenvalue weighted by Crippen LogP contribution is 2.35. The number of methoxy groups -OCH3 is 2. The van der Waals surface area contributed by atoms with Crippen LogP contribution >= 0.6 is 0 Å². The van der Waals surface area contributed by atoms with E-state index in [4.69, 9.17) is 14.2 Å². The lowest BCUT2D eigenvalue weighted by Gasteiger charge is -2.14. The Morgan fingerprint density at radius 3 is 2.19 bits per heavy atom. The number of carbonyl (C=O) groups is 1. The molecule has 0 spiro atoms. The minimum Gasteiger partial charge on any atom is -0.496 e. The summed E-state index contributed by atoms with van der Waals surface area (Å²) in [6.07, 6.45) is -0.588. The van der Waals surface area contributed by atoms with Crippen molar-refractivity contribution in [3.63, 3.8) is 0 Å². The number of hydrogen-bond acceptors (Lipinski definition) is 4. The largest absolute Gasteiger partial charge is 0.496 e. The molecule has 2 aromatic rings. The number of halogens is 3. The number of benzene rings is 2.